The Balaban J connectivity index is 1.74. The molecule has 1 aromatic heterocycles. The molecule has 1 unspecified atom stereocenters. The summed E-state index contributed by atoms with van der Waals surface area (Å²) in [5.41, 5.74) is 2.23. The molecule has 1 aliphatic heterocycles. The van der Waals surface area contributed by atoms with Crippen LogP contribution in [-0.4, -0.2) is 28.6 Å². The second-order valence-corrected chi connectivity index (χ2v) is 6.64. The van der Waals surface area contributed by atoms with Gasteiger partial charge in [0.1, 0.15) is 0 Å². The molecule has 1 atom stereocenters. The number of aromatic nitrogens is 2. The smallest absolute Gasteiger partial charge is 0.268 e. The van der Waals surface area contributed by atoms with Gasteiger partial charge in [0, 0.05) is 29.8 Å². The summed E-state index contributed by atoms with van der Waals surface area (Å²) < 4.78 is 1.58. The zero-order valence-electron chi connectivity index (χ0n) is 12.3. The molecule has 1 aromatic carbocycles. The average molecular weight is 301 g/mol. The summed E-state index contributed by atoms with van der Waals surface area (Å²) in [6, 6.07) is 10.1. The molecule has 0 radical (unpaired) electrons. The molecule has 0 bridgehead atoms. The van der Waals surface area contributed by atoms with Gasteiger partial charge in [-0.25, -0.2) is 4.68 Å². The van der Waals surface area contributed by atoms with Crippen molar-refractivity contribution >= 4 is 17.4 Å². The fourth-order valence-corrected chi connectivity index (χ4v) is 3.80. The van der Waals surface area contributed by atoms with Crippen LogP contribution in [0.4, 0.5) is 5.69 Å². The quantitative estimate of drug-likeness (QED) is 0.869. The van der Waals surface area contributed by atoms with Gasteiger partial charge in [0.05, 0.1) is 18.4 Å². The topological polar surface area (TPSA) is 38.1 Å². The molecule has 1 aliphatic rings. The molecule has 3 rings (SSSR count). The number of anilines is 1. The third kappa shape index (κ3) is 2.97. The van der Waals surface area contributed by atoms with Gasteiger partial charge < -0.3 is 4.90 Å². The van der Waals surface area contributed by atoms with Gasteiger partial charge in [0.2, 0.25) is 0 Å². The van der Waals surface area contributed by atoms with Crippen molar-refractivity contribution in [2.45, 2.75) is 30.0 Å². The van der Waals surface area contributed by atoms with Crippen LogP contribution in [0, 0.1) is 0 Å². The zero-order valence-corrected chi connectivity index (χ0v) is 13.1. The molecule has 0 amide bonds. The molecule has 2 aromatic rings. The molecule has 0 saturated heterocycles. The Morgan fingerprint density at radius 1 is 1.43 bits per heavy atom. The lowest BCUT2D eigenvalue weighted by atomic mass is 10.1. The van der Waals surface area contributed by atoms with Crippen molar-refractivity contribution in [3.63, 3.8) is 0 Å². The third-order valence-electron chi connectivity index (χ3n) is 3.86. The van der Waals surface area contributed by atoms with E-state index in [-0.39, 0.29) is 5.56 Å². The van der Waals surface area contributed by atoms with Crippen LogP contribution in [0.5, 0.6) is 0 Å². The maximum atomic E-state index is 12.2. The van der Waals surface area contributed by atoms with Gasteiger partial charge in [-0.05, 0) is 25.0 Å². The van der Waals surface area contributed by atoms with Crippen LogP contribution in [0.25, 0.3) is 0 Å². The number of rotatable bonds is 4. The van der Waals surface area contributed by atoms with E-state index in [1.807, 2.05) is 23.7 Å². The molecule has 0 saturated carbocycles. The highest BCUT2D eigenvalue weighted by Crippen LogP contribution is 2.37. The number of hydrogen-bond donors (Lipinski definition) is 0. The molecule has 0 spiro atoms. The van der Waals surface area contributed by atoms with Crippen LogP contribution in [0.3, 0.4) is 0 Å². The minimum Gasteiger partial charge on any atom is -0.373 e. The van der Waals surface area contributed by atoms with Crippen molar-refractivity contribution in [3.8, 4) is 0 Å². The Bertz CT molecular complexity index is 673. The van der Waals surface area contributed by atoms with Crippen LogP contribution in [0.15, 0.2) is 46.2 Å². The highest BCUT2D eigenvalue weighted by Gasteiger charge is 2.22. The predicted octanol–water partition coefficient (Wildman–Crippen LogP) is 2.42. The summed E-state index contributed by atoms with van der Waals surface area (Å²) in [6.07, 6.45) is 2.78. The van der Waals surface area contributed by atoms with E-state index in [0.717, 1.165) is 18.7 Å². The predicted molar refractivity (Wildman–Crippen MR) is 87.2 cm³/mol. The number of thioether (sulfide) groups is 1. The van der Waals surface area contributed by atoms with E-state index in [0.29, 0.717) is 11.8 Å². The van der Waals surface area contributed by atoms with Crippen LogP contribution >= 0.6 is 11.8 Å². The third-order valence-corrected chi connectivity index (χ3v) is 5.16. The summed E-state index contributed by atoms with van der Waals surface area (Å²) in [5, 5.41) is 4.71. The maximum absolute atomic E-state index is 12.2. The lowest BCUT2D eigenvalue weighted by molar-refractivity contribution is 0.561. The lowest BCUT2D eigenvalue weighted by Gasteiger charge is -2.17. The maximum Gasteiger partial charge on any atom is 0.268 e. The van der Waals surface area contributed by atoms with E-state index in [1.54, 1.807) is 16.9 Å². The first-order valence-electron chi connectivity index (χ1n) is 7.20. The van der Waals surface area contributed by atoms with E-state index in [2.05, 4.69) is 36.3 Å². The summed E-state index contributed by atoms with van der Waals surface area (Å²) >= 11 is 1.84. The fraction of sp³-hybridized carbons (Fsp3) is 0.375. The zero-order chi connectivity index (χ0) is 14.8. The van der Waals surface area contributed by atoms with Crippen molar-refractivity contribution < 1.29 is 0 Å². The standard InChI is InChI=1S/C16H19N3OS/c1-3-18(2)13-9-16(20)19(17-10-13)11-14-8-12-6-4-5-7-15(12)21-14/h4-7,9-10,14H,3,8,11H2,1-2H3. The second-order valence-electron chi connectivity index (χ2n) is 5.30. The summed E-state index contributed by atoms with van der Waals surface area (Å²) in [6.45, 7) is 3.57. The first-order chi connectivity index (χ1) is 10.2. The van der Waals surface area contributed by atoms with E-state index in [1.165, 1.54) is 10.5 Å². The fourth-order valence-electron chi connectivity index (χ4n) is 2.50. The molecule has 4 nitrogen and oxygen atoms in total. The van der Waals surface area contributed by atoms with Gasteiger partial charge in [0.25, 0.3) is 5.56 Å². The first kappa shape index (κ1) is 14.2. The number of benzene rings is 1. The highest BCUT2D eigenvalue weighted by molar-refractivity contribution is 8.00. The average Bonchev–Trinajstić information content (AvgIpc) is 2.90. The Labute approximate surface area is 128 Å². The lowest BCUT2D eigenvalue weighted by Crippen LogP contribution is -2.28. The Morgan fingerprint density at radius 3 is 2.95 bits per heavy atom. The van der Waals surface area contributed by atoms with Gasteiger partial charge in [-0.2, -0.15) is 5.10 Å². The molecule has 2 heterocycles. The summed E-state index contributed by atoms with van der Waals surface area (Å²) in [5.74, 6) is 0. The normalized spacial score (nSPS) is 16.8. The number of hydrogen-bond acceptors (Lipinski definition) is 4. The van der Waals surface area contributed by atoms with Gasteiger partial charge in [0.15, 0.2) is 0 Å². The minimum atomic E-state index is -0.0237. The number of fused-ring (bicyclic) bond motifs is 1. The molecule has 110 valence electrons. The summed E-state index contributed by atoms with van der Waals surface area (Å²) in [4.78, 5) is 15.5. The molecule has 0 fully saturated rings. The molecule has 5 heteroatoms. The Morgan fingerprint density at radius 2 is 2.24 bits per heavy atom. The summed E-state index contributed by atoms with van der Waals surface area (Å²) in [7, 11) is 1.96. The van der Waals surface area contributed by atoms with Gasteiger partial charge in [-0.15, -0.1) is 11.8 Å². The van der Waals surface area contributed by atoms with Crippen molar-refractivity contribution in [2.75, 3.05) is 18.5 Å². The van der Waals surface area contributed by atoms with Crippen LogP contribution in [0.1, 0.15) is 12.5 Å². The Kier molecular flexibility index (Phi) is 4.01. The molecule has 21 heavy (non-hydrogen) atoms. The largest absolute Gasteiger partial charge is 0.373 e. The molecular formula is C16H19N3OS. The molecule has 0 N–H and O–H groups in total. The van der Waals surface area contributed by atoms with Gasteiger partial charge >= 0.3 is 0 Å². The van der Waals surface area contributed by atoms with Crippen LogP contribution in [0.2, 0.25) is 0 Å². The van der Waals surface area contributed by atoms with Crippen molar-refractivity contribution in [1.82, 2.24) is 9.78 Å². The van der Waals surface area contributed by atoms with E-state index in [9.17, 15) is 4.79 Å². The monoisotopic (exact) mass is 301 g/mol. The second kappa shape index (κ2) is 5.93. The van der Waals surface area contributed by atoms with E-state index >= 15 is 0 Å². The molecular weight excluding hydrogens is 282 g/mol. The van der Waals surface area contributed by atoms with E-state index < -0.39 is 0 Å². The minimum absolute atomic E-state index is 0.0237. The van der Waals surface area contributed by atoms with Crippen molar-refractivity contribution in [1.29, 1.82) is 0 Å². The van der Waals surface area contributed by atoms with Crippen molar-refractivity contribution in [3.05, 3.63) is 52.4 Å². The highest BCUT2D eigenvalue weighted by atomic mass is 32.2. The number of nitrogens with zero attached hydrogens (tertiary/aromatic N) is 3. The van der Waals surface area contributed by atoms with Gasteiger partial charge in [-0.1, -0.05) is 18.2 Å². The Hall–Kier alpha value is -1.75. The van der Waals surface area contributed by atoms with Crippen LogP contribution < -0.4 is 10.5 Å². The van der Waals surface area contributed by atoms with Gasteiger partial charge in [-0.3, -0.25) is 4.79 Å². The SMILES string of the molecule is CCN(C)c1cnn(CC2Cc3ccccc3S2)c(=O)c1. The van der Waals surface area contributed by atoms with Crippen LogP contribution in [-0.2, 0) is 13.0 Å². The van der Waals surface area contributed by atoms with Crippen molar-refractivity contribution in [2.24, 2.45) is 0 Å². The van der Waals surface area contributed by atoms with E-state index in [4.69, 9.17) is 0 Å². The molecule has 0 aliphatic carbocycles. The first-order valence-corrected chi connectivity index (χ1v) is 8.08.